The Morgan fingerprint density at radius 1 is 1.09 bits per heavy atom. The number of amides is 1. The number of piperidine rings is 1. The summed E-state index contributed by atoms with van der Waals surface area (Å²) in [5.41, 5.74) is -0.777. The van der Waals surface area contributed by atoms with Crippen molar-refractivity contribution in [3.8, 4) is 11.6 Å². The fourth-order valence-electron chi connectivity index (χ4n) is 4.47. The maximum absolute atomic E-state index is 14.7. The first-order valence-corrected chi connectivity index (χ1v) is 9.97. The summed E-state index contributed by atoms with van der Waals surface area (Å²) >= 11 is 0. The molecule has 7 nitrogen and oxygen atoms in total. The summed E-state index contributed by atoms with van der Waals surface area (Å²) in [7, 11) is 0. The summed E-state index contributed by atoms with van der Waals surface area (Å²) in [6.07, 6.45) is -0.0467. The lowest BCUT2D eigenvalue weighted by atomic mass is 10.1. The van der Waals surface area contributed by atoms with E-state index in [-0.39, 0.29) is 29.1 Å². The van der Waals surface area contributed by atoms with Gasteiger partial charge < -0.3 is 9.64 Å². The lowest BCUT2D eigenvalue weighted by Gasteiger charge is -2.33. The quantitative estimate of drug-likeness (QED) is 0.573. The molecule has 3 aromatic rings. The molecule has 2 fully saturated rings. The molecule has 1 saturated carbocycles. The second-order valence-corrected chi connectivity index (χ2v) is 7.85. The first kappa shape index (κ1) is 20.4. The minimum Gasteiger partial charge on any atom is -0.472 e. The number of carbonyl (C=O) groups excluding carboxylic acids is 1. The Labute approximate surface area is 179 Å². The number of benzene rings is 1. The summed E-state index contributed by atoms with van der Waals surface area (Å²) < 4.78 is 58.8. The SMILES string of the molecule is O=C(c1c(F)cccc1-n1nccn1)N1CC2CC1[C@@H](Oc1ccc(C(F)(F)F)cn1)C2. The molecule has 3 heterocycles. The van der Waals surface area contributed by atoms with E-state index in [2.05, 4.69) is 15.2 Å². The average Bonchev–Trinajstić information content (AvgIpc) is 3.50. The normalized spacial score (nSPS) is 22.4. The van der Waals surface area contributed by atoms with Gasteiger partial charge in [-0.3, -0.25) is 4.79 Å². The van der Waals surface area contributed by atoms with Crippen LogP contribution in [0.3, 0.4) is 0 Å². The Balaban J connectivity index is 1.37. The fourth-order valence-corrected chi connectivity index (χ4v) is 4.47. The van der Waals surface area contributed by atoms with Crippen molar-refractivity contribution in [2.45, 2.75) is 31.2 Å². The number of aromatic nitrogens is 4. The van der Waals surface area contributed by atoms with E-state index in [1.165, 1.54) is 35.4 Å². The van der Waals surface area contributed by atoms with E-state index < -0.39 is 29.6 Å². The zero-order valence-corrected chi connectivity index (χ0v) is 16.5. The average molecular weight is 447 g/mol. The number of alkyl halides is 3. The van der Waals surface area contributed by atoms with Crippen LogP contribution in [0.15, 0.2) is 48.9 Å². The van der Waals surface area contributed by atoms with Crippen molar-refractivity contribution in [3.05, 3.63) is 65.9 Å². The van der Waals surface area contributed by atoms with Crippen molar-refractivity contribution in [1.29, 1.82) is 0 Å². The molecule has 5 rings (SSSR count). The molecule has 0 radical (unpaired) electrons. The number of fused-ring (bicyclic) bond motifs is 2. The van der Waals surface area contributed by atoms with Crippen LogP contribution in [-0.2, 0) is 6.18 Å². The topological polar surface area (TPSA) is 73.1 Å². The first-order chi connectivity index (χ1) is 15.3. The Morgan fingerprint density at radius 3 is 2.53 bits per heavy atom. The maximum atomic E-state index is 14.7. The molecule has 1 amide bonds. The highest BCUT2D eigenvalue weighted by Gasteiger charge is 2.49. The molecule has 166 valence electrons. The number of halogens is 4. The monoisotopic (exact) mass is 447 g/mol. The number of ether oxygens (including phenoxy) is 1. The van der Waals surface area contributed by atoms with Gasteiger partial charge in [-0.1, -0.05) is 6.07 Å². The molecule has 3 atom stereocenters. The van der Waals surface area contributed by atoms with E-state index in [1.807, 2.05) is 0 Å². The van der Waals surface area contributed by atoms with Gasteiger partial charge in [0.2, 0.25) is 5.88 Å². The summed E-state index contributed by atoms with van der Waals surface area (Å²) in [6.45, 7) is 0.449. The van der Waals surface area contributed by atoms with Crippen LogP contribution in [-0.4, -0.2) is 49.5 Å². The van der Waals surface area contributed by atoms with Gasteiger partial charge in [0.05, 0.1) is 24.0 Å². The molecular formula is C21H17F4N5O2. The van der Waals surface area contributed by atoms with Crippen LogP contribution in [0.25, 0.3) is 5.69 Å². The van der Waals surface area contributed by atoms with Crippen molar-refractivity contribution >= 4 is 5.91 Å². The second kappa shape index (κ2) is 7.57. The summed E-state index contributed by atoms with van der Waals surface area (Å²) in [5, 5.41) is 7.99. The van der Waals surface area contributed by atoms with Crippen LogP contribution < -0.4 is 4.74 Å². The lowest BCUT2D eigenvalue weighted by molar-refractivity contribution is -0.137. The molecule has 2 aromatic heterocycles. The van der Waals surface area contributed by atoms with Crippen LogP contribution in [0, 0.1) is 11.7 Å². The molecule has 32 heavy (non-hydrogen) atoms. The molecule has 2 aliphatic rings. The van der Waals surface area contributed by atoms with E-state index >= 15 is 0 Å². The van der Waals surface area contributed by atoms with Gasteiger partial charge in [-0.25, -0.2) is 9.37 Å². The molecule has 0 N–H and O–H groups in total. The Morgan fingerprint density at radius 2 is 1.88 bits per heavy atom. The van der Waals surface area contributed by atoms with E-state index in [9.17, 15) is 22.4 Å². The van der Waals surface area contributed by atoms with E-state index in [0.29, 0.717) is 25.6 Å². The molecule has 1 aromatic carbocycles. The van der Waals surface area contributed by atoms with Gasteiger partial charge in [-0.15, -0.1) is 0 Å². The van der Waals surface area contributed by atoms with Crippen molar-refractivity contribution in [2.24, 2.45) is 5.92 Å². The van der Waals surface area contributed by atoms with Gasteiger partial charge in [0, 0.05) is 18.8 Å². The van der Waals surface area contributed by atoms with Gasteiger partial charge >= 0.3 is 6.18 Å². The molecule has 1 saturated heterocycles. The number of nitrogens with zero attached hydrogens (tertiary/aromatic N) is 5. The molecule has 2 bridgehead atoms. The molecule has 1 aliphatic carbocycles. The minimum atomic E-state index is -4.48. The van der Waals surface area contributed by atoms with E-state index in [4.69, 9.17) is 4.74 Å². The number of pyridine rings is 1. The van der Waals surface area contributed by atoms with Crippen molar-refractivity contribution in [2.75, 3.05) is 6.54 Å². The largest absolute Gasteiger partial charge is 0.472 e. The smallest absolute Gasteiger partial charge is 0.417 e. The van der Waals surface area contributed by atoms with Gasteiger partial charge in [-0.05, 0) is 37.0 Å². The third kappa shape index (κ3) is 3.57. The third-order valence-electron chi connectivity index (χ3n) is 5.86. The van der Waals surface area contributed by atoms with E-state index in [1.54, 1.807) is 11.0 Å². The zero-order chi connectivity index (χ0) is 22.5. The number of hydrogen-bond acceptors (Lipinski definition) is 5. The van der Waals surface area contributed by atoms with Gasteiger partial charge in [0.1, 0.15) is 23.2 Å². The number of rotatable bonds is 4. The predicted molar refractivity (Wildman–Crippen MR) is 103 cm³/mol. The molecule has 1 aliphatic heterocycles. The lowest BCUT2D eigenvalue weighted by Crippen LogP contribution is -2.47. The third-order valence-corrected chi connectivity index (χ3v) is 5.86. The van der Waals surface area contributed by atoms with Crippen LogP contribution in [0.5, 0.6) is 5.88 Å². The predicted octanol–water partition coefficient (Wildman–Crippen LogP) is 3.50. The Bertz CT molecular complexity index is 1130. The van der Waals surface area contributed by atoms with Gasteiger partial charge in [-0.2, -0.15) is 28.2 Å². The minimum absolute atomic E-state index is 0.0512. The molecular weight excluding hydrogens is 430 g/mol. The highest BCUT2D eigenvalue weighted by molar-refractivity contribution is 5.98. The Hall–Kier alpha value is -3.50. The first-order valence-electron chi connectivity index (χ1n) is 9.97. The van der Waals surface area contributed by atoms with Crippen LogP contribution in [0.2, 0.25) is 0 Å². The fraction of sp³-hybridized carbons (Fsp3) is 0.333. The van der Waals surface area contributed by atoms with Gasteiger partial charge in [0.25, 0.3) is 5.91 Å². The van der Waals surface area contributed by atoms with Crippen molar-refractivity contribution < 1.29 is 27.1 Å². The molecule has 2 unspecified atom stereocenters. The van der Waals surface area contributed by atoms with Crippen molar-refractivity contribution in [3.63, 3.8) is 0 Å². The number of hydrogen-bond donors (Lipinski definition) is 0. The van der Waals surface area contributed by atoms with Crippen LogP contribution in [0.4, 0.5) is 17.6 Å². The summed E-state index contributed by atoms with van der Waals surface area (Å²) in [6, 6.07) is 5.97. The van der Waals surface area contributed by atoms with Crippen LogP contribution in [0.1, 0.15) is 28.8 Å². The Kier molecular flexibility index (Phi) is 4.83. The van der Waals surface area contributed by atoms with E-state index in [0.717, 1.165) is 6.07 Å². The summed E-state index contributed by atoms with van der Waals surface area (Å²) in [4.78, 5) is 19.9. The number of carbonyl (C=O) groups is 1. The van der Waals surface area contributed by atoms with Crippen LogP contribution >= 0.6 is 0 Å². The zero-order valence-electron chi connectivity index (χ0n) is 16.5. The standard InChI is InChI=1S/C21H17F4N5O2/c22-14-2-1-3-15(30-27-6-7-28-30)19(14)20(31)29-11-12-8-16(29)17(9-12)32-18-5-4-13(10-26-18)21(23,24)25/h1-7,10,12,16-17H,8-9,11H2/t12?,16?,17-/m0/s1. The number of likely N-dealkylation sites (tertiary alicyclic amines) is 1. The summed E-state index contributed by atoms with van der Waals surface area (Å²) in [5.74, 6) is -0.984. The highest BCUT2D eigenvalue weighted by atomic mass is 19.4. The molecule has 11 heteroatoms. The van der Waals surface area contributed by atoms with Crippen molar-refractivity contribution in [1.82, 2.24) is 24.9 Å². The molecule has 0 spiro atoms. The highest BCUT2D eigenvalue weighted by Crippen LogP contribution is 2.41. The van der Waals surface area contributed by atoms with Gasteiger partial charge in [0.15, 0.2) is 0 Å². The maximum Gasteiger partial charge on any atom is 0.417 e. The second-order valence-electron chi connectivity index (χ2n) is 7.85.